The molecular formula is C17H13Cl2FN2O2. The third kappa shape index (κ3) is 2.64. The van der Waals surface area contributed by atoms with Crippen LogP contribution >= 0.6 is 23.2 Å². The zero-order valence-electron chi connectivity index (χ0n) is 12.9. The number of halogens is 3. The van der Waals surface area contributed by atoms with Crippen LogP contribution in [0.5, 0.6) is 0 Å². The maximum atomic E-state index is 13.8. The quantitative estimate of drug-likeness (QED) is 0.692. The molecule has 0 saturated heterocycles. The van der Waals surface area contributed by atoms with Gasteiger partial charge in [-0.05, 0) is 36.8 Å². The number of hydrogen-bond acceptors (Lipinski definition) is 2. The van der Waals surface area contributed by atoms with Crippen molar-refractivity contribution in [3.8, 4) is 0 Å². The zero-order valence-corrected chi connectivity index (χ0v) is 14.4. The Morgan fingerprint density at radius 3 is 2.33 bits per heavy atom. The molecule has 0 fully saturated rings. The van der Waals surface area contributed by atoms with Gasteiger partial charge in [0.15, 0.2) is 0 Å². The molecule has 0 radical (unpaired) electrons. The Balaban J connectivity index is 2.32. The minimum atomic E-state index is -0.703. The van der Waals surface area contributed by atoms with Crippen molar-refractivity contribution < 1.29 is 4.39 Å². The van der Waals surface area contributed by atoms with Crippen molar-refractivity contribution in [2.75, 3.05) is 0 Å². The second-order valence-corrected chi connectivity index (χ2v) is 6.37. The minimum absolute atomic E-state index is 0.0970. The summed E-state index contributed by atoms with van der Waals surface area (Å²) < 4.78 is 16.2. The largest absolute Gasteiger partial charge is 0.331 e. The molecule has 1 heterocycles. The van der Waals surface area contributed by atoms with Gasteiger partial charge in [0.2, 0.25) is 0 Å². The Hall–Kier alpha value is -2.11. The van der Waals surface area contributed by atoms with Gasteiger partial charge in [0.25, 0.3) is 5.56 Å². The van der Waals surface area contributed by atoms with E-state index in [1.54, 1.807) is 31.2 Å². The van der Waals surface area contributed by atoms with Crippen molar-refractivity contribution in [2.45, 2.75) is 13.0 Å². The Morgan fingerprint density at radius 1 is 1.08 bits per heavy atom. The van der Waals surface area contributed by atoms with E-state index in [2.05, 4.69) is 0 Å². The van der Waals surface area contributed by atoms with E-state index in [1.165, 1.54) is 17.7 Å². The van der Waals surface area contributed by atoms with Crippen molar-refractivity contribution in [3.63, 3.8) is 0 Å². The molecule has 124 valence electrons. The lowest BCUT2D eigenvalue weighted by Crippen LogP contribution is -2.41. The highest BCUT2D eigenvalue weighted by molar-refractivity contribution is 6.31. The second-order valence-electron chi connectivity index (χ2n) is 5.53. The number of aryl methyl sites for hydroxylation is 1. The first kappa shape index (κ1) is 16.7. The zero-order chi connectivity index (χ0) is 17.6. The van der Waals surface area contributed by atoms with Gasteiger partial charge >= 0.3 is 5.69 Å². The van der Waals surface area contributed by atoms with Crippen molar-refractivity contribution in [3.05, 3.63) is 78.7 Å². The molecule has 1 aromatic heterocycles. The summed E-state index contributed by atoms with van der Waals surface area (Å²) in [7, 11) is 1.52. The molecule has 7 heteroatoms. The number of benzene rings is 2. The van der Waals surface area contributed by atoms with E-state index in [1.807, 2.05) is 0 Å². The average Bonchev–Trinajstić information content (AvgIpc) is 2.55. The molecule has 3 rings (SSSR count). The van der Waals surface area contributed by atoms with Crippen LogP contribution in [0.25, 0.3) is 10.9 Å². The molecule has 0 spiro atoms. The molecule has 0 amide bonds. The molecule has 1 atom stereocenters. The molecule has 4 nitrogen and oxygen atoms in total. The lowest BCUT2D eigenvalue weighted by Gasteiger charge is -2.17. The summed E-state index contributed by atoms with van der Waals surface area (Å²) in [6, 6.07) is 8.66. The third-order valence-corrected chi connectivity index (χ3v) is 4.62. The summed E-state index contributed by atoms with van der Waals surface area (Å²) in [5.41, 5.74) is -0.0351. The van der Waals surface area contributed by atoms with E-state index >= 15 is 0 Å². The number of rotatable bonds is 2. The van der Waals surface area contributed by atoms with E-state index in [-0.39, 0.29) is 15.9 Å². The first-order chi connectivity index (χ1) is 11.3. The molecule has 2 aromatic carbocycles. The summed E-state index contributed by atoms with van der Waals surface area (Å²) in [6.45, 7) is 1.73. The first-order valence-electron chi connectivity index (χ1n) is 7.17. The second kappa shape index (κ2) is 6.07. The standard InChI is InChI=1S/C17H13Cl2FN2O2/c1-9(10-3-5-11(18)6-4-10)22-16(23)12-7-14(20)13(19)8-15(12)21(2)17(22)24/h3-9H,1-2H3. The fourth-order valence-electron chi connectivity index (χ4n) is 2.70. The number of hydrogen-bond donors (Lipinski definition) is 0. The fourth-order valence-corrected chi connectivity index (χ4v) is 2.98. The molecule has 0 saturated carbocycles. The summed E-state index contributed by atoms with van der Waals surface area (Å²) >= 11 is 11.6. The molecule has 0 bridgehead atoms. The van der Waals surface area contributed by atoms with Crippen LogP contribution in [0.1, 0.15) is 18.5 Å². The predicted molar refractivity (Wildman–Crippen MR) is 93.7 cm³/mol. The Labute approximate surface area is 146 Å². The Bertz CT molecular complexity index is 1060. The fraction of sp³-hybridized carbons (Fsp3) is 0.176. The summed E-state index contributed by atoms with van der Waals surface area (Å²) in [5.74, 6) is -0.703. The van der Waals surface area contributed by atoms with Crippen LogP contribution in [0.4, 0.5) is 4.39 Å². The van der Waals surface area contributed by atoms with Crippen LogP contribution in [0, 0.1) is 5.82 Å². The van der Waals surface area contributed by atoms with Gasteiger partial charge in [0, 0.05) is 12.1 Å². The highest BCUT2D eigenvalue weighted by Crippen LogP contribution is 2.22. The molecule has 0 N–H and O–H groups in total. The average molecular weight is 367 g/mol. The molecule has 3 aromatic rings. The smallest absolute Gasteiger partial charge is 0.296 e. The van der Waals surface area contributed by atoms with Crippen LogP contribution in [0.3, 0.4) is 0 Å². The normalized spacial score (nSPS) is 12.5. The van der Waals surface area contributed by atoms with Gasteiger partial charge in [0.05, 0.1) is 22.0 Å². The van der Waals surface area contributed by atoms with Crippen molar-refractivity contribution >= 4 is 34.1 Å². The SMILES string of the molecule is CC(c1ccc(Cl)cc1)n1c(=O)c2cc(F)c(Cl)cc2n(C)c1=O. The van der Waals surface area contributed by atoms with Gasteiger partial charge in [0.1, 0.15) is 5.82 Å². The summed E-state index contributed by atoms with van der Waals surface area (Å²) in [6.07, 6.45) is 0. The van der Waals surface area contributed by atoms with Crippen LogP contribution in [0.15, 0.2) is 46.0 Å². The van der Waals surface area contributed by atoms with Gasteiger partial charge in [-0.2, -0.15) is 0 Å². The molecule has 0 aliphatic carbocycles. The first-order valence-corrected chi connectivity index (χ1v) is 7.92. The van der Waals surface area contributed by atoms with E-state index in [0.717, 1.165) is 16.2 Å². The summed E-state index contributed by atoms with van der Waals surface area (Å²) in [4.78, 5) is 25.4. The molecule has 0 aliphatic rings. The molecule has 24 heavy (non-hydrogen) atoms. The van der Waals surface area contributed by atoms with Gasteiger partial charge < -0.3 is 0 Å². The minimum Gasteiger partial charge on any atom is -0.296 e. The number of fused-ring (bicyclic) bond motifs is 1. The topological polar surface area (TPSA) is 44.0 Å². The van der Waals surface area contributed by atoms with Crippen molar-refractivity contribution in [1.82, 2.24) is 9.13 Å². The number of nitrogens with zero attached hydrogens (tertiary/aromatic N) is 2. The highest BCUT2D eigenvalue weighted by atomic mass is 35.5. The van der Waals surface area contributed by atoms with Gasteiger partial charge in [-0.3, -0.25) is 13.9 Å². The lowest BCUT2D eigenvalue weighted by molar-refractivity contribution is 0.560. The molecule has 1 unspecified atom stereocenters. The molecular weight excluding hydrogens is 354 g/mol. The van der Waals surface area contributed by atoms with E-state index < -0.39 is 23.1 Å². The van der Waals surface area contributed by atoms with Crippen LogP contribution in [-0.4, -0.2) is 9.13 Å². The van der Waals surface area contributed by atoms with E-state index in [9.17, 15) is 14.0 Å². The van der Waals surface area contributed by atoms with Gasteiger partial charge in [-0.1, -0.05) is 35.3 Å². The monoisotopic (exact) mass is 366 g/mol. The predicted octanol–water partition coefficient (Wildman–Crippen LogP) is 3.76. The Morgan fingerprint density at radius 2 is 1.71 bits per heavy atom. The lowest BCUT2D eigenvalue weighted by atomic mass is 10.1. The Kier molecular flexibility index (Phi) is 4.24. The molecule has 0 aliphatic heterocycles. The summed E-state index contributed by atoms with van der Waals surface area (Å²) in [5, 5.41) is 0.515. The van der Waals surface area contributed by atoms with Crippen LogP contribution in [-0.2, 0) is 7.05 Å². The van der Waals surface area contributed by atoms with Gasteiger partial charge in [-0.25, -0.2) is 9.18 Å². The van der Waals surface area contributed by atoms with Crippen LogP contribution < -0.4 is 11.2 Å². The number of aromatic nitrogens is 2. The van der Waals surface area contributed by atoms with E-state index in [0.29, 0.717) is 5.02 Å². The van der Waals surface area contributed by atoms with E-state index in [4.69, 9.17) is 23.2 Å². The van der Waals surface area contributed by atoms with Crippen molar-refractivity contribution in [2.24, 2.45) is 7.05 Å². The highest BCUT2D eigenvalue weighted by Gasteiger charge is 2.18. The third-order valence-electron chi connectivity index (χ3n) is 4.08. The van der Waals surface area contributed by atoms with Crippen molar-refractivity contribution in [1.29, 1.82) is 0 Å². The van der Waals surface area contributed by atoms with Gasteiger partial charge in [-0.15, -0.1) is 0 Å². The van der Waals surface area contributed by atoms with Crippen LogP contribution in [0.2, 0.25) is 10.0 Å². The maximum absolute atomic E-state index is 13.8. The maximum Gasteiger partial charge on any atom is 0.331 e.